The van der Waals surface area contributed by atoms with Crippen molar-refractivity contribution in [3.8, 4) is 28.4 Å². The summed E-state index contributed by atoms with van der Waals surface area (Å²) in [7, 11) is 2.15. The number of benzene rings is 6. The monoisotopic (exact) mass is 945 g/mol. The summed E-state index contributed by atoms with van der Waals surface area (Å²) in [6.07, 6.45) is 1.94. The summed E-state index contributed by atoms with van der Waals surface area (Å²) in [5, 5.41) is 6.35. The van der Waals surface area contributed by atoms with Gasteiger partial charge in [-0.15, -0.1) is 0 Å². The van der Waals surface area contributed by atoms with Gasteiger partial charge in [-0.1, -0.05) is 173 Å². The largest absolute Gasteiger partial charge is 0.457 e. The topological polar surface area (TPSA) is 42.3 Å². The van der Waals surface area contributed by atoms with Crippen LogP contribution in [0.25, 0.3) is 38.8 Å². The molecule has 0 aliphatic carbocycles. The van der Waals surface area contributed by atoms with Gasteiger partial charge in [-0.25, -0.2) is 4.98 Å². The molecule has 370 valence electrons. The van der Waals surface area contributed by atoms with E-state index in [2.05, 4.69) is 268 Å². The predicted molar refractivity (Wildman–Crippen MR) is 307 cm³/mol. The fourth-order valence-electron chi connectivity index (χ4n) is 9.51. The number of pyridine rings is 1. The van der Waals surface area contributed by atoms with Crippen LogP contribution in [0.15, 0.2) is 134 Å². The third kappa shape index (κ3) is 10.8. The summed E-state index contributed by atoms with van der Waals surface area (Å²) in [6, 6.07) is 47.2. The Morgan fingerprint density at radius 1 is 0.465 bits per heavy atom. The van der Waals surface area contributed by atoms with Crippen molar-refractivity contribution in [2.45, 2.75) is 157 Å². The second kappa shape index (κ2) is 18.1. The Balaban J connectivity index is 1.22. The van der Waals surface area contributed by atoms with Gasteiger partial charge in [0.25, 0.3) is 0 Å². The van der Waals surface area contributed by atoms with E-state index in [1.807, 2.05) is 12.3 Å². The third-order valence-electron chi connectivity index (χ3n) is 14.2. The first-order valence-electron chi connectivity index (χ1n) is 25.7. The molecule has 2 heterocycles. The summed E-state index contributed by atoms with van der Waals surface area (Å²) in [4.78, 5) is 7.26. The fraction of sp³-hybridized carbons (Fsp3) is 0.379. The Kier molecular flexibility index (Phi) is 13.0. The number of fused-ring (bicyclic) bond motifs is 3. The van der Waals surface area contributed by atoms with Gasteiger partial charge < -0.3 is 15.0 Å². The third-order valence-corrected chi connectivity index (χ3v) is 14.2. The summed E-state index contributed by atoms with van der Waals surface area (Å²) in [5.74, 6) is 2.42. The summed E-state index contributed by atoms with van der Waals surface area (Å²) < 4.78 is 9.17. The molecule has 0 spiro atoms. The van der Waals surface area contributed by atoms with Gasteiger partial charge in [0.1, 0.15) is 17.3 Å². The predicted octanol–water partition coefficient (Wildman–Crippen LogP) is 18.9. The molecule has 0 aliphatic rings. The van der Waals surface area contributed by atoms with Gasteiger partial charge in [0.2, 0.25) is 0 Å². The molecule has 1 N–H and O–H groups in total. The van der Waals surface area contributed by atoms with E-state index in [0.29, 0.717) is 0 Å². The molecule has 0 aliphatic heterocycles. The van der Waals surface area contributed by atoms with Crippen LogP contribution in [-0.2, 0) is 32.5 Å². The molecule has 0 radical (unpaired) electrons. The zero-order valence-corrected chi connectivity index (χ0v) is 46.5. The van der Waals surface area contributed by atoms with Gasteiger partial charge in [0, 0.05) is 47.5 Å². The van der Waals surface area contributed by atoms with E-state index in [0.717, 1.165) is 56.5 Å². The Hall–Kier alpha value is -6.33. The number of hydrogen-bond acceptors (Lipinski definition) is 4. The summed E-state index contributed by atoms with van der Waals surface area (Å²) in [5.41, 5.74) is 16.5. The molecule has 71 heavy (non-hydrogen) atoms. The van der Waals surface area contributed by atoms with Crippen LogP contribution in [0, 0.1) is 0 Å². The van der Waals surface area contributed by atoms with Crippen molar-refractivity contribution in [3.05, 3.63) is 167 Å². The minimum absolute atomic E-state index is 0.0112. The molecule has 0 atom stereocenters. The summed E-state index contributed by atoms with van der Waals surface area (Å²) >= 11 is 0. The van der Waals surface area contributed by atoms with E-state index in [-0.39, 0.29) is 32.5 Å². The number of anilines is 4. The van der Waals surface area contributed by atoms with Crippen LogP contribution in [0.1, 0.15) is 158 Å². The molecule has 0 saturated heterocycles. The Morgan fingerprint density at radius 2 is 1.01 bits per heavy atom. The Labute approximate surface area is 426 Å². The van der Waals surface area contributed by atoms with E-state index in [1.165, 1.54) is 49.9 Å². The molecule has 2 aromatic heterocycles. The Morgan fingerprint density at radius 3 is 1.62 bits per heavy atom. The van der Waals surface area contributed by atoms with Crippen molar-refractivity contribution in [2.24, 2.45) is 0 Å². The number of hydrogen-bond donors (Lipinski definition) is 1. The molecular weight excluding hydrogens is 865 g/mol. The maximum absolute atomic E-state index is 6.85. The molecule has 0 fully saturated rings. The minimum atomic E-state index is -0.0617. The molecule has 5 nitrogen and oxygen atoms in total. The fourth-order valence-corrected chi connectivity index (χ4v) is 9.51. The van der Waals surface area contributed by atoms with Crippen LogP contribution in [0.2, 0.25) is 0 Å². The van der Waals surface area contributed by atoms with Crippen molar-refractivity contribution in [3.63, 3.8) is 0 Å². The van der Waals surface area contributed by atoms with Gasteiger partial charge >= 0.3 is 0 Å². The van der Waals surface area contributed by atoms with Crippen molar-refractivity contribution in [1.29, 1.82) is 0 Å². The van der Waals surface area contributed by atoms with Crippen molar-refractivity contribution < 1.29 is 4.74 Å². The molecule has 6 aromatic carbocycles. The Bertz CT molecular complexity index is 3240. The van der Waals surface area contributed by atoms with Crippen LogP contribution < -0.4 is 15.0 Å². The van der Waals surface area contributed by atoms with Crippen molar-refractivity contribution in [1.82, 2.24) is 9.55 Å². The van der Waals surface area contributed by atoms with Crippen molar-refractivity contribution in [2.75, 3.05) is 17.3 Å². The molecule has 0 saturated carbocycles. The van der Waals surface area contributed by atoms with E-state index < -0.39 is 0 Å². The standard InChI is InChI=1S/C66H80N4O/c1-61(2,3)43-24-27-52(55(37-43)66(16,17)18)42-23-30-57(56(33-42)68-48-35-46(64(10,11)12)34-47(36-48)65(13,14)15)69(19)49-21-20-22-50(40-49)71-51-26-29-54-53-28-25-44(62(4,5)6)38-58(53)70(59(54)41-51)60-39-45(31-32-67-60)63(7,8)9/h20-41,68H,1-19H3. The zero-order chi connectivity index (χ0) is 51.8. The SMILES string of the molecule is CN(c1cccc(Oc2ccc3c4ccc(C(C)(C)C)cc4n(-c4cc(C(C)(C)C)ccn4)c3c2)c1)c1ccc(-c2ccc(C(C)(C)C)cc2C(C)(C)C)cc1Nc1cc(C(C)(C)C)cc(C(C)(C)C)c1. The van der Waals surface area contributed by atoms with Crippen LogP contribution in [0.5, 0.6) is 11.5 Å². The first-order chi connectivity index (χ1) is 32.9. The smallest absolute Gasteiger partial charge is 0.137 e. The van der Waals surface area contributed by atoms with Crippen LogP contribution >= 0.6 is 0 Å². The van der Waals surface area contributed by atoms with Gasteiger partial charge in [0.05, 0.1) is 22.4 Å². The lowest BCUT2D eigenvalue weighted by atomic mass is 9.77. The molecule has 0 amide bonds. The second-order valence-corrected chi connectivity index (χ2v) is 26.2. The molecule has 0 bridgehead atoms. The lowest BCUT2D eigenvalue weighted by Gasteiger charge is -2.29. The second-order valence-electron chi connectivity index (χ2n) is 26.2. The maximum atomic E-state index is 6.85. The van der Waals surface area contributed by atoms with Gasteiger partial charge in [-0.2, -0.15) is 0 Å². The van der Waals surface area contributed by atoms with Crippen molar-refractivity contribution >= 4 is 44.6 Å². The van der Waals surface area contributed by atoms with Crippen LogP contribution in [0.4, 0.5) is 22.7 Å². The number of rotatable bonds is 8. The van der Waals surface area contributed by atoms with Gasteiger partial charge in [0.15, 0.2) is 0 Å². The highest BCUT2D eigenvalue weighted by Crippen LogP contribution is 2.44. The van der Waals surface area contributed by atoms with Crippen LogP contribution in [0.3, 0.4) is 0 Å². The molecule has 8 rings (SSSR count). The number of nitrogens with one attached hydrogen (secondary N) is 1. The number of nitrogens with zero attached hydrogens (tertiary/aromatic N) is 3. The van der Waals surface area contributed by atoms with E-state index >= 15 is 0 Å². The number of ether oxygens (including phenoxy) is 1. The number of aromatic nitrogens is 2. The first kappa shape index (κ1) is 51.0. The average Bonchev–Trinajstić information content (AvgIpc) is 3.60. The zero-order valence-electron chi connectivity index (χ0n) is 46.5. The lowest BCUT2D eigenvalue weighted by molar-refractivity contribution is 0.483. The van der Waals surface area contributed by atoms with Gasteiger partial charge in [-0.05, 0) is 144 Å². The molecule has 8 aromatic rings. The first-order valence-corrected chi connectivity index (χ1v) is 25.7. The highest BCUT2D eigenvalue weighted by Gasteiger charge is 2.26. The lowest BCUT2D eigenvalue weighted by Crippen LogP contribution is -2.18. The maximum Gasteiger partial charge on any atom is 0.137 e. The normalized spacial score (nSPS) is 13.0. The van der Waals surface area contributed by atoms with Crippen LogP contribution in [-0.4, -0.2) is 16.6 Å². The summed E-state index contributed by atoms with van der Waals surface area (Å²) in [6.45, 7) is 41.2. The quantitative estimate of drug-likeness (QED) is 0.165. The molecule has 5 heteroatoms. The highest BCUT2D eigenvalue weighted by atomic mass is 16.5. The highest BCUT2D eigenvalue weighted by molar-refractivity contribution is 6.09. The average molecular weight is 945 g/mol. The van der Waals surface area contributed by atoms with E-state index in [9.17, 15) is 0 Å². The van der Waals surface area contributed by atoms with Gasteiger partial charge in [-0.3, -0.25) is 4.57 Å². The van der Waals surface area contributed by atoms with E-state index in [4.69, 9.17) is 9.72 Å². The molecular formula is C66H80N4O. The minimum Gasteiger partial charge on any atom is -0.457 e. The van der Waals surface area contributed by atoms with E-state index in [1.54, 1.807) is 0 Å². The molecule has 0 unspecified atom stereocenters.